The van der Waals surface area contributed by atoms with Crippen LogP contribution in [0.2, 0.25) is 0 Å². The number of benzene rings is 1. The predicted molar refractivity (Wildman–Crippen MR) is 84.0 cm³/mol. The second-order valence-electron chi connectivity index (χ2n) is 5.39. The van der Waals surface area contributed by atoms with Crippen LogP contribution >= 0.6 is 0 Å². The third kappa shape index (κ3) is 3.19. The second kappa shape index (κ2) is 7.01. The number of carbonyl (C=O) groups is 1. The Kier molecular flexibility index (Phi) is 5.29. The molecule has 0 bridgehead atoms. The SMILES string of the molecule is CCOC(=O)C(N)(c1ccc(OCC)cc1OCC)C1CC1. The summed E-state index contributed by atoms with van der Waals surface area (Å²) in [7, 11) is 0. The summed E-state index contributed by atoms with van der Waals surface area (Å²) in [4.78, 5) is 12.5. The lowest BCUT2D eigenvalue weighted by molar-refractivity contribution is -0.151. The minimum atomic E-state index is -1.15. The number of carbonyl (C=O) groups excluding carboxylic acids is 1. The zero-order valence-electron chi connectivity index (χ0n) is 13.6. The van der Waals surface area contributed by atoms with Crippen molar-refractivity contribution in [3.05, 3.63) is 23.8 Å². The molecule has 1 fully saturated rings. The first kappa shape index (κ1) is 16.6. The highest BCUT2D eigenvalue weighted by Gasteiger charge is 2.52. The van der Waals surface area contributed by atoms with Crippen molar-refractivity contribution in [3.63, 3.8) is 0 Å². The van der Waals surface area contributed by atoms with E-state index in [0.717, 1.165) is 12.8 Å². The quantitative estimate of drug-likeness (QED) is 0.748. The fourth-order valence-corrected chi connectivity index (χ4v) is 2.66. The molecule has 2 N–H and O–H groups in total. The number of esters is 1. The van der Waals surface area contributed by atoms with Gasteiger partial charge >= 0.3 is 5.97 Å². The zero-order chi connectivity index (χ0) is 16.2. The molecule has 0 aromatic heterocycles. The van der Waals surface area contributed by atoms with Crippen LogP contribution in [0, 0.1) is 5.92 Å². The lowest BCUT2D eigenvalue weighted by Gasteiger charge is -2.29. The van der Waals surface area contributed by atoms with Crippen LogP contribution in [0.3, 0.4) is 0 Å². The molecule has 22 heavy (non-hydrogen) atoms. The molecule has 2 rings (SSSR count). The van der Waals surface area contributed by atoms with E-state index in [4.69, 9.17) is 19.9 Å². The van der Waals surface area contributed by atoms with Gasteiger partial charge in [0.05, 0.1) is 19.8 Å². The Morgan fingerprint density at radius 1 is 1.18 bits per heavy atom. The average molecular weight is 307 g/mol. The van der Waals surface area contributed by atoms with Gasteiger partial charge in [-0.1, -0.05) is 0 Å². The first-order valence-corrected chi connectivity index (χ1v) is 7.94. The summed E-state index contributed by atoms with van der Waals surface area (Å²) in [5.74, 6) is 1.01. The van der Waals surface area contributed by atoms with Gasteiger partial charge in [-0.2, -0.15) is 0 Å². The summed E-state index contributed by atoms with van der Waals surface area (Å²) < 4.78 is 16.4. The molecule has 1 atom stereocenters. The summed E-state index contributed by atoms with van der Waals surface area (Å²) in [6, 6.07) is 5.45. The smallest absolute Gasteiger partial charge is 0.331 e. The van der Waals surface area contributed by atoms with E-state index in [1.807, 2.05) is 26.0 Å². The monoisotopic (exact) mass is 307 g/mol. The van der Waals surface area contributed by atoms with E-state index in [0.29, 0.717) is 36.9 Å². The maximum atomic E-state index is 12.5. The van der Waals surface area contributed by atoms with E-state index >= 15 is 0 Å². The molecule has 1 unspecified atom stereocenters. The van der Waals surface area contributed by atoms with E-state index in [-0.39, 0.29) is 11.9 Å². The number of hydrogen-bond acceptors (Lipinski definition) is 5. The molecule has 1 aromatic carbocycles. The Morgan fingerprint density at radius 2 is 1.86 bits per heavy atom. The van der Waals surface area contributed by atoms with Gasteiger partial charge in [-0.25, -0.2) is 4.79 Å². The first-order valence-electron chi connectivity index (χ1n) is 7.94. The van der Waals surface area contributed by atoms with Crippen LogP contribution < -0.4 is 15.2 Å². The molecule has 0 aliphatic heterocycles. The Bertz CT molecular complexity index is 527. The number of hydrogen-bond donors (Lipinski definition) is 1. The van der Waals surface area contributed by atoms with Crippen LogP contribution in [0.1, 0.15) is 39.2 Å². The Morgan fingerprint density at radius 3 is 2.41 bits per heavy atom. The van der Waals surface area contributed by atoms with Crippen molar-refractivity contribution in [2.75, 3.05) is 19.8 Å². The average Bonchev–Trinajstić information content (AvgIpc) is 3.33. The van der Waals surface area contributed by atoms with Crippen molar-refractivity contribution in [1.29, 1.82) is 0 Å². The van der Waals surface area contributed by atoms with Crippen molar-refractivity contribution < 1.29 is 19.0 Å². The molecule has 0 radical (unpaired) electrons. The van der Waals surface area contributed by atoms with E-state index in [9.17, 15) is 4.79 Å². The van der Waals surface area contributed by atoms with Crippen LogP contribution in [-0.4, -0.2) is 25.8 Å². The fourth-order valence-electron chi connectivity index (χ4n) is 2.66. The Hall–Kier alpha value is -1.75. The van der Waals surface area contributed by atoms with Crippen molar-refractivity contribution in [1.82, 2.24) is 0 Å². The molecule has 1 aliphatic rings. The summed E-state index contributed by atoms with van der Waals surface area (Å²) >= 11 is 0. The van der Waals surface area contributed by atoms with Crippen LogP contribution in [0.25, 0.3) is 0 Å². The predicted octanol–water partition coefficient (Wildman–Crippen LogP) is 2.61. The first-order chi connectivity index (χ1) is 10.6. The number of nitrogens with two attached hydrogens (primary N) is 1. The molecular weight excluding hydrogens is 282 g/mol. The van der Waals surface area contributed by atoms with Gasteiger partial charge in [0.1, 0.15) is 17.0 Å². The third-order valence-corrected chi connectivity index (χ3v) is 3.84. The summed E-state index contributed by atoms with van der Waals surface area (Å²) in [5, 5.41) is 0. The maximum Gasteiger partial charge on any atom is 0.331 e. The summed E-state index contributed by atoms with van der Waals surface area (Å²) in [6.45, 7) is 6.98. The van der Waals surface area contributed by atoms with Gasteiger partial charge in [-0.15, -0.1) is 0 Å². The molecule has 5 nitrogen and oxygen atoms in total. The van der Waals surface area contributed by atoms with Crippen molar-refractivity contribution in [3.8, 4) is 11.5 Å². The molecule has 0 spiro atoms. The van der Waals surface area contributed by atoms with Crippen molar-refractivity contribution in [2.45, 2.75) is 39.2 Å². The zero-order valence-corrected chi connectivity index (χ0v) is 13.6. The largest absolute Gasteiger partial charge is 0.494 e. The van der Waals surface area contributed by atoms with Crippen LogP contribution in [0.4, 0.5) is 0 Å². The molecule has 1 aliphatic carbocycles. The molecule has 1 aromatic rings. The maximum absolute atomic E-state index is 12.5. The molecule has 0 amide bonds. The normalized spacial score (nSPS) is 16.7. The van der Waals surface area contributed by atoms with Crippen molar-refractivity contribution in [2.24, 2.45) is 11.7 Å². The fraction of sp³-hybridized carbons (Fsp3) is 0.588. The molecule has 0 heterocycles. The highest BCUT2D eigenvalue weighted by atomic mass is 16.5. The van der Waals surface area contributed by atoms with E-state index in [2.05, 4.69) is 0 Å². The highest BCUT2D eigenvalue weighted by molar-refractivity contribution is 5.84. The third-order valence-electron chi connectivity index (χ3n) is 3.84. The molecule has 122 valence electrons. The van der Waals surface area contributed by atoms with Gasteiger partial charge < -0.3 is 19.9 Å². The Balaban J connectivity index is 2.44. The molecule has 5 heteroatoms. The van der Waals surface area contributed by atoms with E-state index in [1.54, 1.807) is 13.0 Å². The van der Waals surface area contributed by atoms with Gasteiger partial charge in [0.15, 0.2) is 0 Å². The van der Waals surface area contributed by atoms with Gasteiger partial charge in [0, 0.05) is 11.6 Å². The van der Waals surface area contributed by atoms with Gasteiger partial charge in [-0.05, 0) is 51.7 Å². The van der Waals surface area contributed by atoms with Gasteiger partial charge in [0.25, 0.3) is 0 Å². The van der Waals surface area contributed by atoms with Gasteiger partial charge in [-0.3, -0.25) is 0 Å². The van der Waals surface area contributed by atoms with Crippen LogP contribution in [-0.2, 0) is 15.1 Å². The standard InChI is InChI=1S/C17H25NO4/c1-4-20-13-9-10-14(15(11-13)21-5-2)17(18,12-7-8-12)16(19)22-6-3/h9-12H,4-8,18H2,1-3H3. The molecular formula is C17H25NO4. The van der Waals surface area contributed by atoms with Crippen LogP contribution in [0.5, 0.6) is 11.5 Å². The topological polar surface area (TPSA) is 70.8 Å². The lowest BCUT2D eigenvalue weighted by Crippen LogP contribution is -2.48. The van der Waals surface area contributed by atoms with Crippen LogP contribution in [0.15, 0.2) is 18.2 Å². The molecule has 0 saturated heterocycles. The highest BCUT2D eigenvalue weighted by Crippen LogP contribution is 2.48. The summed E-state index contributed by atoms with van der Waals surface area (Å²) in [5.41, 5.74) is 6.05. The van der Waals surface area contributed by atoms with E-state index < -0.39 is 5.54 Å². The molecule has 1 saturated carbocycles. The Labute approximate surface area is 131 Å². The number of rotatable bonds is 8. The lowest BCUT2D eigenvalue weighted by atomic mass is 9.85. The van der Waals surface area contributed by atoms with Crippen molar-refractivity contribution >= 4 is 5.97 Å². The van der Waals surface area contributed by atoms with E-state index in [1.165, 1.54) is 0 Å². The minimum absolute atomic E-state index is 0.101. The van der Waals surface area contributed by atoms with Gasteiger partial charge in [0.2, 0.25) is 0 Å². The summed E-state index contributed by atoms with van der Waals surface area (Å²) in [6.07, 6.45) is 1.85. The minimum Gasteiger partial charge on any atom is -0.494 e. The number of ether oxygens (including phenoxy) is 3. The second-order valence-corrected chi connectivity index (χ2v) is 5.39.